The molecule has 0 aliphatic rings. The predicted molar refractivity (Wildman–Crippen MR) is 55.9 cm³/mol. The number of halogens is 2. The number of rotatable bonds is 3. The summed E-state index contributed by atoms with van der Waals surface area (Å²) in [6.07, 6.45) is 0. The van der Waals surface area contributed by atoms with Crippen LogP contribution in [0.2, 0.25) is 10.0 Å². The van der Waals surface area contributed by atoms with Crippen molar-refractivity contribution in [2.24, 2.45) is 0 Å². The van der Waals surface area contributed by atoms with Crippen molar-refractivity contribution in [1.82, 2.24) is 5.32 Å². The predicted octanol–water partition coefficient (Wildman–Crippen LogP) is 2.34. The smallest absolute Gasteiger partial charge is 0.325 e. The number of benzene rings is 1. The zero-order valence-corrected chi connectivity index (χ0v) is 8.93. The van der Waals surface area contributed by atoms with Crippen molar-refractivity contribution in [3.05, 3.63) is 33.8 Å². The van der Waals surface area contributed by atoms with Crippen LogP contribution in [0, 0.1) is 0 Å². The van der Waals surface area contributed by atoms with Crippen molar-refractivity contribution < 1.29 is 9.90 Å². The zero-order valence-electron chi connectivity index (χ0n) is 7.42. The van der Waals surface area contributed by atoms with Crippen molar-refractivity contribution in [3.63, 3.8) is 0 Å². The number of carboxylic acids is 1. The van der Waals surface area contributed by atoms with Gasteiger partial charge in [-0.2, -0.15) is 0 Å². The number of hydrogen-bond acceptors (Lipinski definition) is 2. The molecular weight excluding hydrogens is 225 g/mol. The van der Waals surface area contributed by atoms with E-state index in [1.165, 1.54) is 6.07 Å². The molecule has 0 fully saturated rings. The van der Waals surface area contributed by atoms with Crippen molar-refractivity contribution >= 4 is 29.2 Å². The van der Waals surface area contributed by atoms with Crippen LogP contribution in [-0.2, 0) is 4.79 Å². The van der Waals surface area contributed by atoms with Crippen LogP contribution >= 0.6 is 23.2 Å². The largest absolute Gasteiger partial charge is 0.480 e. The van der Waals surface area contributed by atoms with Gasteiger partial charge in [0.1, 0.15) is 6.04 Å². The van der Waals surface area contributed by atoms with Gasteiger partial charge in [-0.1, -0.05) is 29.3 Å². The summed E-state index contributed by atoms with van der Waals surface area (Å²) in [5.41, 5.74) is 0.506. The van der Waals surface area contributed by atoms with Gasteiger partial charge in [0.25, 0.3) is 0 Å². The summed E-state index contributed by atoms with van der Waals surface area (Å²) >= 11 is 11.6. The molecule has 0 aromatic heterocycles. The van der Waals surface area contributed by atoms with Crippen molar-refractivity contribution in [2.45, 2.75) is 6.04 Å². The summed E-state index contributed by atoms with van der Waals surface area (Å²) < 4.78 is 0. The maximum absolute atomic E-state index is 10.8. The molecule has 0 aliphatic heterocycles. The third kappa shape index (κ3) is 2.38. The van der Waals surface area contributed by atoms with E-state index in [0.717, 1.165) is 0 Å². The second-order valence-electron chi connectivity index (χ2n) is 2.73. The number of aliphatic carboxylic acids is 1. The Morgan fingerprint density at radius 1 is 1.50 bits per heavy atom. The maximum Gasteiger partial charge on any atom is 0.325 e. The van der Waals surface area contributed by atoms with Gasteiger partial charge in [-0.3, -0.25) is 4.79 Å². The normalized spacial score (nSPS) is 12.5. The summed E-state index contributed by atoms with van der Waals surface area (Å²) in [6, 6.07) is 3.92. The lowest BCUT2D eigenvalue weighted by atomic mass is 10.1. The average molecular weight is 234 g/mol. The molecule has 0 radical (unpaired) electrons. The second kappa shape index (κ2) is 4.64. The van der Waals surface area contributed by atoms with E-state index < -0.39 is 12.0 Å². The van der Waals surface area contributed by atoms with E-state index in [1.807, 2.05) is 0 Å². The SMILES string of the molecule is CN[C@H](C(=O)O)c1ccc(Cl)cc1Cl. The molecule has 2 N–H and O–H groups in total. The first-order chi connectivity index (χ1) is 6.56. The molecule has 1 aromatic carbocycles. The minimum atomic E-state index is -0.975. The van der Waals surface area contributed by atoms with Gasteiger partial charge in [-0.15, -0.1) is 0 Å². The van der Waals surface area contributed by atoms with Gasteiger partial charge in [0.2, 0.25) is 0 Å². The highest BCUT2D eigenvalue weighted by Gasteiger charge is 2.19. The monoisotopic (exact) mass is 233 g/mol. The molecule has 0 saturated heterocycles. The lowest BCUT2D eigenvalue weighted by Gasteiger charge is -2.13. The fraction of sp³-hybridized carbons (Fsp3) is 0.222. The van der Waals surface area contributed by atoms with Gasteiger partial charge in [-0.25, -0.2) is 0 Å². The molecule has 1 rings (SSSR count). The summed E-state index contributed by atoms with van der Waals surface area (Å²) in [6.45, 7) is 0. The molecule has 1 aromatic rings. The first-order valence-corrected chi connectivity index (χ1v) is 4.67. The van der Waals surface area contributed by atoms with Crippen LogP contribution in [0.5, 0.6) is 0 Å². The Morgan fingerprint density at radius 3 is 2.57 bits per heavy atom. The van der Waals surface area contributed by atoms with Crippen LogP contribution < -0.4 is 5.32 Å². The molecule has 0 amide bonds. The molecule has 0 bridgehead atoms. The molecule has 0 heterocycles. The fourth-order valence-electron chi connectivity index (χ4n) is 1.15. The van der Waals surface area contributed by atoms with Crippen LogP contribution in [0.15, 0.2) is 18.2 Å². The molecule has 0 aliphatic carbocycles. The molecule has 76 valence electrons. The molecule has 3 nitrogen and oxygen atoms in total. The highest BCUT2D eigenvalue weighted by molar-refractivity contribution is 6.35. The Morgan fingerprint density at radius 2 is 2.14 bits per heavy atom. The first kappa shape index (κ1) is 11.3. The Balaban J connectivity index is 3.10. The number of carboxylic acid groups (broad SMARTS) is 1. The topological polar surface area (TPSA) is 49.3 Å². The number of likely N-dealkylation sites (N-methyl/N-ethyl adjacent to an activating group) is 1. The standard InChI is InChI=1S/C9H9Cl2NO2/c1-12-8(9(13)14)6-3-2-5(10)4-7(6)11/h2-4,8,12H,1H3,(H,13,14)/t8-/m0/s1. The maximum atomic E-state index is 10.8. The summed E-state index contributed by atoms with van der Waals surface area (Å²) in [7, 11) is 1.56. The molecule has 0 saturated carbocycles. The zero-order chi connectivity index (χ0) is 10.7. The van der Waals surface area contributed by atoms with Crippen LogP contribution in [0.1, 0.15) is 11.6 Å². The van der Waals surface area contributed by atoms with Gasteiger partial charge in [0.05, 0.1) is 0 Å². The molecule has 0 unspecified atom stereocenters. The Kier molecular flexibility index (Phi) is 3.75. The van der Waals surface area contributed by atoms with E-state index in [-0.39, 0.29) is 0 Å². The van der Waals surface area contributed by atoms with Crippen LogP contribution in [-0.4, -0.2) is 18.1 Å². The lowest BCUT2D eigenvalue weighted by molar-refractivity contribution is -0.139. The van der Waals surface area contributed by atoms with E-state index in [4.69, 9.17) is 28.3 Å². The van der Waals surface area contributed by atoms with E-state index in [0.29, 0.717) is 15.6 Å². The van der Waals surface area contributed by atoms with Gasteiger partial charge >= 0.3 is 5.97 Å². The number of nitrogens with one attached hydrogen (secondary N) is 1. The second-order valence-corrected chi connectivity index (χ2v) is 3.57. The van der Waals surface area contributed by atoms with Crippen LogP contribution in [0.3, 0.4) is 0 Å². The van der Waals surface area contributed by atoms with E-state index in [1.54, 1.807) is 19.2 Å². The van der Waals surface area contributed by atoms with Gasteiger partial charge in [-0.05, 0) is 24.7 Å². The molecule has 14 heavy (non-hydrogen) atoms. The van der Waals surface area contributed by atoms with Gasteiger partial charge < -0.3 is 10.4 Å². The van der Waals surface area contributed by atoms with E-state index in [2.05, 4.69) is 5.32 Å². The fourth-order valence-corrected chi connectivity index (χ4v) is 1.67. The number of carbonyl (C=O) groups is 1. The summed E-state index contributed by atoms with van der Waals surface area (Å²) in [5, 5.41) is 12.3. The van der Waals surface area contributed by atoms with Crippen molar-refractivity contribution in [1.29, 1.82) is 0 Å². The van der Waals surface area contributed by atoms with Crippen molar-refractivity contribution in [3.8, 4) is 0 Å². The summed E-state index contributed by atoms with van der Waals surface area (Å²) in [4.78, 5) is 10.8. The van der Waals surface area contributed by atoms with Gasteiger partial charge in [0.15, 0.2) is 0 Å². The van der Waals surface area contributed by atoms with Crippen LogP contribution in [0.25, 0.3) is 0 Å². The third-order valence-electron chi connectivity index (χ3n) is 1.81. The molecular formula is C9H9Cl2NO2. The Bertz CT molecular complexity index is 355. The quantitative estimate of drug-likeness (QED) is 0.843. The van der Waals surface area contributed by atoms with E-state index >= 15 is 0 Å². The summed E-state index contributed by atoms with van der Waals surface area (Å²) in [5.74, 6) is -0.975. The van der Waals surface area contributed by atoms with Crippen molar-refractivity contribution in [2.75, 3.05) is 7.05 Å². The molecule has 1 atom stereocenters. The Labute approximate surface area is 91.6 Å². The highest BCUT2D eigenvalue weighted by atomic mass is 35.5. The highest BCUT2D eigenvalue weighted by Crippen LogP contribution is 2.26. The minimum Gasteiger partial charge on any atom is -0.480 e. The first-order valence-electron chi connectivity index (χ1n) is 3.91. The molecule has 0 spiro atoms. The van der Waals surface area contributed by atoms with Crippen LogP contribution in [0.4, 0.5) is 0 Å². The third-order valence-corrected chi connectivity index (χ3v) is 2.37. The average Bonchev–Trinajstić information content (AvgIpc) is 2.09. The lowest BCUT2D eigenvalue weighted by Crippen LogP contribution is -2.25. The molecule has 5 heteroatoms. The minimum absolute atomic E-state index is 0.347. The van der Waals surface area contributed by atoms with E-state index in [9.17, 15) is 4.79 Å². The van der Waals surface area contributed by atoms with Gasteiger partial charge in [0, 0.05) is 10.0 Å². The Hall–Kier alpha value is -0.770. The number of hydrogen-bond donors (Lipinski definition) is 2.